The van der Waals surface area contributed by atoms with Crippen molar-refractivity contribution < 1.29 is 47.3 Å². The molecule has 1 fully saturated rings. The summed E-state index contributed by atoms with van der Waals surface area (Å²) in [5.74, 6) is -3.63. The molecule has 1 aliphatic heterocycles. The minimum absolute atomic E-state index is 0.844. The summed E-state index contributed by atoms with van der Waals surface area (Å²) in [5, 5.41) is 0. The molecule has 130 valence electrons. The maximum atomic E-state index is 14.1. The predicted molar refractivity (Wildman–Crippen MR) is 68.4 cm³/mol. The Labute approximate surface area is 130 Å². The summed E-state index contributed by atoms with van der Waals surface area (Å²) >= 11 is 0. The second-order valence-electron chi connectivity index (χ2n) is 4.65. The summed E-state index contributed by atoms with van der Waals surface area (Å²) in [7, 11) is 1.02. The molecule has 0 bridgehead atoms. The van der Waals surface area contributed by atoms with Crippen molar-refractivity contribution >= 4 is 23.9 Å². The molecular formula is C13H17FO9. The van der Waals surface area contributed by atoms with Crippen LogP contribution < -0.4 is 0 Å². The Kier molecular flexibility index (Phi) is 6.43. The van der Waals surface area contributed by atoms with Crippen LogP contribution in [0.2, 0.25) is 0 Å². The van der Waals surface area contributed by atoms with Gasteiger partial charge >= 0.3 is 23.9 Å². The number of esters is 4. The number of ether oxygens (including phenoxy) is 5. The molecule has 1 aliphatic rings. The van der Waals surface area contributed by atoms with Gasteiger partial charge in [0.05, 0.1) is 7.11 Å². The van der Waals surface area contributed by atoms with Gasteiger partial charge < -0.3 is 23.7 Å². The van der Waals surface area contributed by atoms with Gasteiger partial charge in [-0.1, -0.05) is 0 Å². The first-order valence-electron chi connectivity index (χ1n) is 6.56. The van der Waals surface area contributed by atoms with E-state index in [0.717, 1.165) is 27.9 Å². The van der Waals surface area contributed by atoms with E-state index in [4.69, 9.17) is 18.9 Å². The lowest BCUT2D eigenvalue weighted by molar-refractivity contribution is -0.271. The molecule has 0 aromatic rings. The Hall–Kier alpha value is -2.23. The largest absolute Gasteiger partial charge is 0.467 e. The highest BCUT2D eigenvalue weighted by atomic mass is 19.1. The first-order chi connectivity index (χ1) is 10.7. The van der Waals surface area contributed by atoms with Gasteiger partial charge in [-0.15, -0.1) is 0 Å². The van der Waals surface area contributed by atoms with Crippen LogP contribution in [0.15, 0.2) is 0 Å². The van der Waals surface area contributed by atoms with Gasteiger partial charge in [0, 0.05) is 20.8 Å². The van der Waals surface area contributed by atoms with Crippen LogP contribution in [0.5, 0.6) is 0 Å². The average molecular weight is 336 g/mol. The van der Waals surface area contributed by atoms with Crippen molar-refractivity contribution in [3.05, 3.63) is 0 Å². The zero-order valence-electron chi connectivity index (χ0n) is 12.9. The fourth-order valence-electron chi connectivity index (χ4n) is 2.07. The molecule has 1 saturated heterocycles. The molecule has 1 heterocycles. The molecule has 0 aromatic heterocycles. The molecule has 0 saturated carbocycles. The Morgan fingerprint density at radius 3 is 1.70 bits per heavy atom. The van der Waals surface area contributed by atoms with E-state index in [0.29, 0.717) is 0 Å². The number of methoxy groups -OCH3 is 1. The van der Waals surface area contributed by atoms with Gasteiger partial charge in [0.15, 0.2) is 24.4 Å². The fraction of sp³-hybridized carbons (Fsp3) is 0.692. The molecule has 0 aromatic carbocycles. The third-order valence-electron chi connectivity index (χ3n) is 2.82. The van der Waals surface area contributed by atoms with Gasteiger partial charge in [0.2, 0.25) is 6.36 Å². The molecule has 1 rings (SSSR count). The highest BCUT2D eigenvalue weighted by Gasteiger charge is 2.55. The topological polar surface area (TPSA) is 114 Å². The Morgan fingerprint density at radius 2 is 1.26 bits per heavy atom. The van der Waals surface area contributed by atoms with Gasteiger partial charge in [-0.05, 0) is 0 Å². The van der Waals surface area contributed by atoms with Crippen LogP contribution in [0, 0.1) is 0 Å². The number of carbonyl (C=O) groups is 4. The van der Waals surface area contributed by atoms with Gasteiger partial charge in [-0.2, -0.15) is 0 Å². The fourth-order valence-corrected chi connectivity index (χ4v) is 2.07. The highest BCUT2D eigenvalue weighted by Crippen LogP contribution is 2.30. The minimum Gasteiger partial charge on any atom is -0.467 e. The third-order valence-corrected chi connectivity index (χ3v) is 2.82. The first-order valence-corrected chi connectivity index (χ1v) is 6.56. The number of alkyl halides is 1. The Morgan fingerprint density at radius 1 is 0.826 bits per heavy atom. The summed E-state index contributed by atoms with van der Waals surface area (Å²) in [6.45, 7) is 3.05. The molecule has 0 spiro atoms. The maximum Gasteiger partial charge on any atom is 0.339 e. The summed E-state index contributed by atoms with van der Waals surface area (Å²) in [6, 6.07) is 0. The summed E-state index contributed by atoms with van der Waals surface area (Å²) in [5.41, 5.74) is 0. The van der Waals surface area contributed by atoms with Crippen molar-refractivity contribution in [2.24, 2.45) is 0 Å². The zero-order valence-corrected chi connectivity index (χ0v) is 12.9. The van der Waals surface area contributed by atoms with E-state index in [1.807, 2.05) is 0 Å². The monoisotopic (exact) mass is 336 g/mol. The SMILES string of the molecule is COC(=O)C1O[C@@H](F)C(OC(C)=O)C(OC(C)=O)[C@@H]1OC(C)=O. The van der Waals surface area contributed by atoms with Crippen LogP contribution in [0.4, 0.5) is 4.39 Å². The smallest absolute Gasteiger partial charge is 0.339 e. The molecule has 10 heteroatoms. The quantitative estimate of drug-likeness (QED) is 0.502. The standard InChI is InChI=1S/C13H17FO9/c1-5(15)20-8-9(21-6(2)16)11(13(18)19-4)23-12(14)10(8)22-7(3)17/h8-12H,1-4H3/t8?,9-,10?,11?,12+/m0/s1. The molecule has 0 N–H and O–H groups in total. The van der Waals surface area contributed by atoms with Crippen molar-refractivity contribution in [3.63, 3.8) is 0 Å². The van der Waals surface area contributed by atoms with Crippen molar-refractivity contribution in [1.29, 1.82) is 0 Å². The lowest BCUT2D eigenvalue weighted by Crippen LogP contribution is -2.62. The molecule has 23 heavy (non-hydrogen) atoms. The maximum absolute atomic E-state index is 14.1. The molecule has 0 radical (unpaired) electrons. The lowest BCUT2D eigenvalue weighted by atomic mass is 9.98. The highest BCUT2D eigenvalue weighted by molar-refractivity contribution is 5.77. The van der Waals surface area contributed by atoms with Crippen molar-refractivity contribution in [1.82, 2.24) is 0 Å². The van der Waals surface area contributed by atoms with Crippen LogP contribution in [-0.4, -0.2) is 61.8 Å². The zero-order chi connectivity index (χ0) is 17.7. The summed E-state index contributed by atoms with van der Waals surface area (Å²) in [6.07, 6.45) is -8.80. The van der Waals surface area contributed by atoms with E-state index in [1.54, 1.807) is 0 Å². The Balaban J connectivity index is 3.21. The molecule has 0 aliphatic carbocycles. The van der Waals surface area contributed by atoms with Crippen LogP contribution >= 0.6 is 0 Å². The molecule has 0 amide bonds. The molecule has 3 unspecified atom stereocenters. The van der Waals surface area contributed by atoms with E-state index in [1.165, 1.54) is 0 Å². The minimum atomic E-state index is -2.29. The van der Waals surface area contributed by atoms with Crippen LogP contribution in [0.1, 0.15) is 20.8 Å². The number of hydrogen-bond acceptors (Lipinski definition) is 9. The normalized spacial score (nSPS) is 30.0. The number of rotatable bonds is 4. The van der Waals surface area contributed by atoms with E-state index in [9.17, 15) is 23.6 Å². The van der Waals surface area contributed by atoms with Gasteiger partial charge in [0.25, 0.3) is 0 Å². The second kappa shape index (κ2) is 7.86. The van der Waals surface area contributed by atoms with Crippen molar-refractivity contribution in [3.8, 4) is 0 Å². The van der Waals surface area contributed by atoms with Crippen LogP contribution in [0.3, 0.4) is 0 Å². The van der Waals surface area contributed by atoms with Crippen LogP contribution in [0.25, 0.3) is 0 Å². The third kappa shape index (κ3) is 4.88. The number of carbonyl (C=O) groups excluding carboxylic acids is 4. The molecule has 5 atom stereocenters. The average Bonchev–Trinajstić information content (AvgIpc) is 2.43. The lowest BCUT2D eigenvalue weighted by Gasteiger charge is -2.40. The van der Waals surface area contributed by atoms with Gasteiger partial charge in [0.1, 0.15) is 0 Å². The van der Waals surface area contributed by atoms with E-state index >= 15 is 0 Å². The molecular weight excluding hydrogens is 319 g/mol. The van der Waals surface area contributed by atoms with E-state index in [-0.39, 0.29) is 0 Å². The van der Waals surface area contributed by atoms with Gasteiger partial charge in [-0.25, -0.2) is 9.18 Å². The summed E-state index contributed by atoms with van der Waals surface area (Å²) < 4.78 is 37.9. The number of hydrogen-bond donors (Lipinski definition) is 0. The van der Waals surface area contributed by atoms with Crippen LogP contribution in [-0.2, 0) is 42.9 Å². The molecule has 9 nitrogen and oxygen atoms in total. The summed E-state index contributed by atoms with van der Waals surface area (Å²) in [4.78, 5) is 45.3. The van der Waals surface area contributed by atoms with Crippen molar-refractivity contribution in [2.45, 2.75) is 51.5 Å². The van der Waals surface area contributed by atoms with E-state index in [2.05, 4.69) is 4.74 Å². The number of halogens is 1. The van der Waals surface area contributed by atoms with E-state index < -0.39 is 54.7 Å². The predicted octanol–water partition coefficient (Wildman–Crippen LogP) is -0.351. The van der Waals surface area contributed by atoms with Crippen molar-refractivity contribution in [2.75, 3.05) is 7.11 Å². The Bertz CT molecular complexity index is 492. The van der Waals surface area contributed by atoms with Gasteiger partial charge in [-0.3, -0.25) is 14.4 Å². The first kappa shape index (κ1) is 18.8. The second-order valence-corrected chi connectivity index (χ2v) is 4.65.